The van der Waals surface area contributed by atoms with Crippen LogP contribution < -0.4 is 10.5 Å². The minimum atomic E-state index is -3.60. The number of benzene rings is 2. The van der Waals surface area contributed by atoms with E-state index in [1.165, 1.54) is 0 Å². The number of aryl methyl sites for hydroxylation is 1. The summed E-state index contributed by atoms with van der Waals surface area (Å²) < 4.78 is 27.4. The van der Waals surface area contributed by atoms with Crippen molar-refractivity contribution in [1.82, 2.24) is 0 Å². The molecule has 3 N–H and O–H groups in total. The molecular formula is C16H20N2O2S. The molecule has 0 radical (unpaired) electrons. The van der Waals surface area contributed by atoms with Gasteiger partial charge in [0.05, 0.1) is 10.6 Å². The van der Waals surface area contributed by atoms with Gasteiger partial charge in [-0.3, -0.25) is 4.72 Å². The number of nitrogens with one attached hydrogen (secondary N) is 1. The Morgan fingerprint density at radius 2 is 1.67 bits per heavy atom. The Balaban J connectivity index is 2.31. The number of sulfonamides is 1. The number of anilines is 2. The van der Waals surface area contributed by atoms with Crippen LogP contribution in [0.5, 0.6) is 0 Å². The highest BCUT2D eigenvalue weighted by Gasteiger charge is 2.15. The van der Waals surface area contributed by atoms with E-state index in [4.69, 9.17) is 5.73 Å². The molecule has 0 bridgehead atoms. The topological polar surface area (TPSA) is 72.2 Å². The summed E-state index contributed by atoms with van der Waals surface area (Å²) in [6.45, 7) is 5.97. The van der Waals surface area contributed by atoms with Crippen molar-refractivity contribution < 1.29 is 8.42 Å². The Morgan fingerprint density at radius 1 is 1.05 bits per heavy atom. The average molecular weight is 304 g/mol. The highest BCUT2D eigenvalue weighted by atomic mass is 32.2. The van der Waals surface area contributed by atoms with Crippen molar-refractivity contribution in [2.45, 2.75) is 31.6 Å². The van der Waals surface area contributed by atoms with Crippen LogP contribution in [0.25, 0.3) is 0 Å². The smallest absolute Gasteiger partial charge is 0.261 e. The SMILES string of the molecule is Cc1ccc(N)cc1NS(=O)(=O)c1ccc(C(C)C)cc1. The highest BCUT2D eigenvalue weighted by Crippen LogP contribution is 2.23. The van der Waals surface area contributed by atoms with Crippen molar-refractivity contribution in [1.29, 1.82) is 0 Å². The van der Waals surface area contributed by atoms with E-state index in [0.29, 0.717) is 17.3 Å². The number of nitrogen functional groups attached to an aromatic ring is 1. The van der Waals surface area contributed by atoms with Crippen LogP contribution >= 0.6 is 0 Å². The van der Waals surface area contributed by atoms with E-state index in [9.17, 15) is 8.42 Å². The molecule has 0 atom stereocenters. The second kappa shape index (κ2) is 5.77. The average Bonchev–Trinajstić information content (AvgIpc) is 2.43. The summed E-state index contributed by atoms with van der Waals surface area (Å²) in [6, 6.07) is 12.1. The molecule has 2 aromatic carbocycles. The van der Waals surface area contributed by atoms with Crippen LogP contribution in [0.1, 0.15) is 30.9 Å². The monoisotopic (exact) mass is 304 g/mol. The molecule has 4 nitrogen and oxygen atoms in total. The van der Waals surface area contributed by atoms with E-state index in [-0.39, 0.29) is 4.90 Å². The zero-order valence-electron chi connectivity index (χ0n) is 12.4. The number of hydrogen-bond donors (Lipinski definition) is 2. The van der Waals surface area contributed by atoms with Gasteiger partial charge in [0.2, 0.25) is 0 Å². The minimum Gasteiger partial charge on any atom is -0.399 e. The third-order valence-electron chi connectivity index (χ3n) is 3.36. The maximum Gasteiger partial charge on any atom is 0.261 e. The van der Waals surface area contributed by atoms with Crippen LogP contribution in [0, 0.1) is 6.92 Å². The first-order chi connectivity index (χ1) is 9.79. The van der Waals surface area contributed by atoms with Gasteiger partial charge in [-0.05, 0) is 48.2 Å². The van der Waals surface area contributed by atoms with Gasteiger partial charge in [0.15, 0.2) is 0 Å². The Bertz CT molecular complexity index is 735. The van der Waals surface area contributed by atoms with Crippen molar-refractivity contribution in [3.63, 3.8) is 0 Å². The molecule has 0 amide bonds. The Labute approximate surface area is 126 Å². The third kappa shape index (κ3) is 3.55. The lowest BCUT2D eigenvalue weighted by Gasteiger charge is -2.12. The Morgan fingerprint density at radius 3 is 2.24 bits per heavy atom. The van der Waals surface area contributed by atoms with Crippen LogP contribution in [-0.4, -0.2) is 8.42 Å². The fraction of sp³-hybridized carbons (Fsp3) is 0.250. The summed E-state index contributed by atoms with van der Waals surface area (Å²) in [7, 11) is -3.60. The van der Waals surface area contributed by atoms with Gasteiger partial charge in [0.1, 0.15) is 0 Å². The van der Waals surface area contributed by atoms with E-state index in [1.807, 2.05) is 19.1 Å². The number of rotatable bonds is 4. The number of hydrogen-bond acceptors (Lipinski definition) is 3. The van der Waals surface area contributed by atoms with Gasteiger partial charge in [-0.1, -0.05) is 32.0 Å². The van der Waals surface area contributed by atoms with Gasteiger partial charge < -0.3 is 5.73 Å². The first kappa shape index (κ1) is 15.4. The summed E-state index contributed by atoms with van der Waals surface area (Å²) in [5.74, 6) is 0.367. The first-order valence-corrected chi connectivity index (χ1v) is 8.27. The minimum absolute atomic E-state index is 0.244. The van der Waals surface area contributed by atoms with Crippen molar-refractivity contribution >= 4 is 21.4 Å². The van der Waals surface area contributed by atoms with Gasteiger partial charge in [0.25, 0.3) is 10.0 Å². The Hall–Kier alpha value is -2.01. The van der Waals surface area contributed by atoms with E-state index in [2.05, 4.69) is 18.6 Å². The van der Waals surface area contributed by atoms with E-state index >= 15 is 0 Å². The van der Waals surface area contributed by atoms with Gasteiger partial charge in [-0.25, -0.2) is 8.42 Å². The van der Waals surface area contributed by atoms with Crippen LogP contribution in [0.15, 0.2) is 47.4 Å². The fourth-order valence-corrected chi connectivity index (χ4v) is 3.11. The predicted octanol–water partition coefficient (Wildman–Crippen LogP) is 3.50. The lowest BCUT2D eigenvalue weighted by Crippen LogP contribution is -2.14. The maximum atomic E-state index is 12.4. The largest absolute Gasteiger partial charge is 0.399 e. The van der Waals surface area contributed by atoms with Crippen molar-refractivity contribution in [3.05, 3.63) is 53.6 Å². The summed E-state index contributed by atoms with van der Waals surface area (Å²) >= 11 is 0. The van der Waals surface area contributed by atoms with E-state index < -0.39 is 10.0 Å². The van der Waals surface area contributed by atoms with Gasteiger partial charge in [-0.2, -0.15) is 0 Å². The standard InChI is InChI=1S/C16H20N2O2S/c1-11(2)13-5-8-15(9-6-13)21(19,20)18-16-10-14(17)7-4-12(16)3/h4-11,18H,17H2,1-3H3. The third-order valence-corrected chi connectivity index (χ3v) is 4.74. The molecule has 0 spiro atoms. The Kier molecular flexibility index (Phi) is 4.23. The van der Waals surface area contributed by atoms with Crippen LogP contribution in [0.2, 0.25) is 0 Å². The van der Waals surface area contributed by atoms with E-state index in [0.717, 1.165) is 11.1 Å². The second-order valence-corrected chi connectivity index (χ2v) is 7.09. The van der Waals surface area contributed by atoms with Gasteiger partial charge in [0, 0.05) is 5.69 Å². The molecule has 112 valence electrons. The van der Waals surface area contributed by atoms with Gasteiger partial charge in [-0.15, -0.1) is 0 Å². The molecule has 0 aliphatic carbocycles. The second-order valence-electron chi connectivity index (χ2n) is 5.40. The normalized spacial score (nSPS) is 11.6. The van der Waals surface area contributed by atoms with Gasteiger partial charge >= 0.3 is 0 Å². The fourth-order valence-electron chi connectivity index (χ4n) is 1.99. The molecule has 0 unspecified atom stereocenters. The zero-order chi connectivity index (χ0) is 15.6. The number of nitrogens with two attached hydrogens (primary N) is 1. The molecule has 0 fully saturated rings. The zero-order valence-corrected chi connectivity index (χ0v) is 13.2. The van der Waals surface area contributed by atoms with Crippen LogP contribution in [0.4, 0.5) is 11.4 Å². The molecule has 21 heavy (non-hydrogen) atoms. The molecule has 0 aromatic heterocycles. The maximum absolute atomic E-state index is 12.4. The van der Waals surface area contributed by atoms with E-state index in [1.54, 1.807) is 30.3 Å². The molecule has 0 aliphatic rings. The summed E-state index contributed by atoms with van der Waals surface area (Å²) in [5, 5.41) is 0. The summed E-state index contributed by atoms with van der Waals surface area (Å²) in [4.78, 5) is 0.244. The molecule has 0 heterocycles. The van der Waals surface area contributed by atoms with Crippen molar-refractivity contribution in [3.8, 4) is 0 Å². The van der Waals surface area contributed by atoms with Crippen LogP contribution in [-0.2, 0) is 10.0 Å². The van der Waals surface area contributed by atoms with Crippen molar-refractivity contribution in [2.75, 3.05) is 10.5 Å². The highest BCUT2D eigenvalue weighted by molar-refractivity contribution is 7.92. The summed E-state index contributed by atoms with van der Waals surface area (Å²) in [5.41, 5.74) is 8.66. The molecule has 0 saturated carbocycles. The first-order valence-electron chi connectivity index (χ1n) is 6.78. The predicted molar refractivity (Wildman–Crippen MR) is 86.9 cm³/mol. The van der Waals surface area contributed by atoms with Crippen molar-refractivity contribution in [2.24, 2.45) is 0 Å². The van der Waals surface area contributed by atoms with Crippen LogP contribution in [0.3, 0.4) is 0 Å². The molecule has 2 rings (SSSR count). The lowest BCUT2D eigenvalue weighted by molar-refractivity contribution is 0.601. The summed E-state index contributed by atoms with van der Waals surface area (Å²) in [6.07, 6.45) is 0. The lowest BCUT2D eigenvalue weighted by atomic mass is 10.0. The molecule has 0 saturated heterocycles. The molecular weight excluding hydrogens is 284 g/mol. The molecule has 0 aliphatic heterocycles. The molecule has 5 heteroatoms. The molecule has 2 aromatic rings. The quantitative estimate of drug-likeness (QED) is 0.849.